The standard InChI is InChI=1S/C20H22N6O3/c1-14-18(26-12-6-5-9-16(26)23-14)19(28)25-24-17(27)10-11-21-20(29)22-13-15-7-3-2-4-8-15/h2-9,12H,10-11,13H2,1H3,(H,24,27)(H,25,28)(H2,21,22,29). The molecule has 0 fully saturated rings. The van der Waals surface area contributed by atoms with Crippen LogP contribution in [0.2, 0.25) is 0 Å². The van der Waals surface area contributed by atoms with Gasteiger partial charge in [0, 0.05) is 25.7 Å². The Labute approximate surface area is 167 Å². The molecule has 9 heteroatoms. The number of rotatable bonds is 6. The average molecular weight is 394 g/mol. The van der Waals surface area contributed by atoms with Crippen LogP contribution in [0.1, 0.15) is 28.2 Å². The molecule has 0 saturated carbocycles. The molecule has 0 atom stereocenters. The monoisotopic (exact) mass is 394 g/mol. The molecule has 0 bridgehead atoms. The number of urea groups is 1. The fourth-order valence-corrected chi connectivity index (χ4v) is 2.77. The maximum Gasteiger partial charge on any atom is 0.315 e. The van der Waals surface area contributed by atoms with Crippen molar-refractivity contribution in [3.8, 4) is 0 Å². The van der Waals surface area contributed by atoms with Gasteiger partial charge in [0.25, 0.3) is 5.91 Å². The summed E-state index contributed by atoms with van der Waals surface area (Å²) in [4.78, 5) is 40.3. The van der Waals surface area contributed by atoms with E-state index in [0.29, 0.717) is 23.6 Å². The van der Waals surface area contributed by atoms with Gasteiger partial charge in [0.05, 0.1) is 5.69 Å². The number of hydrogen-bond donors (Lipinski definition) is 4. The molecule has 9 nitrogen and oxygen atoms in total. The molecule has 3 aromatic rings. The number of benzene rings is 1. The van der Waals surface area contributed by atoms with Crippen molar-refractivity contribution in [3.05, 3.63) is 71.7 Å². The van der Waals surface area contributed by atoms with Crippen LogP contribution in [0.25, 0.3) is 5.65 Å². The predicted molar refractivity (Wildman–Crippen MR) is 107 cm³/mol. The Kier molecular flexibility index (Phi) is 6.41. The number of carbonyl (C=O) groups is 3. The van der Waals surface area contributed by atoms with Crippen molar-refractivity contribution in [2.45, 2.75) is 19.9 Å². The minimum absolute atomic E-state index is 0.0190. The highest BCUT2D eigenvalue weighted by atomic mass is 16.2. The van der Waals surface area contributed by atoms with Gasteiger partial charge in [0.15, 0.2) is 0 Å². The molecule has 2 heterocycles. The molecule has 3 rings (SSSR count). The first kappa shape index (κ1) is 19.9. The van der Waals surface area contributed by atoms with Gasteiger partial charge in [-0.25, -0.2) is 9.78 Å². The normalized spacial score (nSPS) is 10.4. The number of nitrogens with zero attached hydrogens (tertiary/aromatic N) is 2. The van der Waals surface area contributed by atoms with Gasteiger partial charge in [-0.1, -0.05) is 36.4 Å². The SMILES string of the molecule is Cc1nc2ccccn2c1C(=O)NNC(=O)CCNC(=O)NCc1ccccc1. The Hall–Kier alpha value is -3.88. The Morgan fingerprint density at radius 1 is 0.966 bits per heavy atom. The Morgan fingerprint density at radius 3 is 2.52 bits per heavy atom. The highest BCUT2D eigenvalue weighted by Gasteiger charge is 2.16. The van der Waals surface area contributed by atoms with E-state index in [1.807, 2.05) is 36.4 Å². The lowest BCUT2D eigenvalue weighted by Crippen LogP contribution is -2.44. The van der Waals surface area contributed by atoms with Crippen molar-refractivity contribution < 1.29 is 14.4 Å². The molecule has 0 aliphatic carbocycles. The Morgan fingerprint density at radius 2 is 1.72 bits per heavy atom. The summed E-state index contributed by atoms with van der Waals surface area (Å²) >= 11 is 0. The second-order valence-corrected chi connectivity index (χ2v) is 6.32. The van der Waals surface area contributed by atoms with Gasteiger partial charge in [-0.3, -0.25) is 24.8 Å². The maximum absolute atomic E-state index is 12.4. The molecule has 150 valence electrons. The van der Waals surface area contributed by atoms with E-state index in [9.17, 15) is 14.4 Å². The van der Waals surface area contributed by atoms with E-state index in [1.165, 1.54) is 0 Å². The summed E-state index contributed by atoms with van der Waals surface area (Å²) in [5, 5.41) is 5.30. The zero-order chi connectivity index (χ0) is 20.6. The highest BCUT2D eigenvalue weighted by Crippen LogP contribution is 2.11. The Balaban J connectivity index is 1.39. The van der Waals surface area contributed by atoms with Gasteiger partial charge < -0.3 is 10.6 Å². The van der Waals surface area contributed by atoms with Crippen LogP contribution in [-0.4, -0.2) is 33.8 Å². The summed E-state index contributed by atoms with van der Waals surface area (Å²) in [6.45, 7) is 2.26. The molecule has 0 saturated heterocycles. The molecule has 0 unspecified atom stereocenters. The lowest BCUT2D eigenvalue weighted by atomic mass is 10.2. The molecule has 0 radical (unpaired) electrons. The number of pyridine rings is 1. The molecule has 0 aliphatic rings. The molecule has 29 heavy (non-hydrogen) atoms. The summed E-state index contributed by atoms with van der Waals surface area (Å²) in [5.74, 6) is -0.892. The zero-order valence-electron chi connectivity index (χ0n) is 15.9. The van der Waals surface area contributed by atoms with Crippen LogP contribution in [0.3, 0.4) is 0 Å². The molecule has 4 N–H and O–H groups in total. The zero-order valence-corrected chi connectivity index (χ0v) is 15.9. The highest BCUT2D eigenvalue weighted by molar-refractivity contribution is 5.95. The van der Waals surface area contributed by atoms with Crippen LogP contribution in [-0.2, 0) is 11.3 Å². The molecule has 0 aliphatic heterocycles. The van der Waals surface area contributed by atoms with Gasteiger partial charge in [0.2, 0.25) is 5.91 Å². The number of hydrazine groups is 1. The number of hydrogen-bond acceptors (Lipinski definition) is 4. The van der Waals surface area contributed by atoms with Crippen LogP contribution in [0.5, 0.6) is 0 Å². The summed E-state index contributed by atoms with van der Waals surface area (Å²) in [6.07, 6.45) is 1.75. The molecular weight excluding hydrogens is 372 g/mol. The van der Waals surface area contributed by atoms with Crippen LogP contribution in [0.15, 0.2) is 54.7 Å². The van der Waals surface area contributed by atoms with Gasteiger partial charge in [-0.05, 0) is 24.6 Å². The van der Waals surface area contributed by atoms with Gasteiger partial charge in [0.1, 0.15) is 11.3 Å². The number of nitrogens with one attached hydrogen (secondary N) is 4. The van der Waals surface area contributed by atoms with Gasteiger partial charge in [-0.15, -0.1) is 0 Å². The Bertz CT molecular complexity index is 1020. The molecular formula is C20H22N6O3. The van der Waals surface area contributed by atoms with Crippen molar-refractivity contribution in [1.82, 2.24) is 30.9 Å². The van der Waals surface area contributed by atoms with Crippen LogP contribution in [0.4, 0.5) is 4.79 Å². The first-order chi connectivity index (χ1) is 14.0. The van der Waals surface area contributed by atoms with Gasteiger partial charge in [-0.2, -0.15) is 0 Å². The quantitative estimate of drug-likeness (QED) is 0.472. The lowest BCUT2D eigenvalue weighted by Gasteiger charge is -2.09. The summed E-state index contributed by atoms with van der Waals surface area (Å²) in [5.41, 5.74) is 7.24. The third-order valence-corrected chi connectivity index (χ3v) is 4.17. The lowest BCUT2D eigenvalue weighted by molar-refractivity contribution is -0.121. The molecule has 1 aromatic carbocycles. The first-order valence-electron chi connectivity index (χ1n) is 9.13. The number of fused-ring (bicyclic) bond motifs is 1. The minimum Gasteiger partial charge on any atom is -0.338 e. The number of aromatic nitrogens is 2. The van der Waals surface area contributed by atoms with E-state index in [-0.39, 0.29) is 19.0 Å². The van der Waals surface area contributed by atoms with Crippen LogP contribution >= 0.6 is 0 Å². The second kappa shape index (κ2) is 9.36. The summed E-state index contributed by atoms with van der Waals surface area (Å²) in [7, 11) is 0. The summed E-state index contributed by atoms with van der Waals surface area (Å²) < 4.78 is 1.65. The van der Waals surface area contributed by atoms with E-state index in [4.69, 9.17) is 0 Å². The van der Waals surface area contributed by atoms with E-state index >= 15 is 0 Å². The van der Waals surface area contributed by atoms with Crippen molar-refractivity contribution >= 4 is 23.5 Å². The van der Waals surface area contributed by atoms with E-state index in [2.05, 4.69) is 26.5 Å². The van der Waals surface area contributed by atoms with E-state index in [0.717, 1.165) is 5.56 Å². The van der Waals surface area contributed by atoms with Crippen molar-refractivity contribution in [2.75, 3.05) is 6.54 Å². The largest absolute Gasteiger partial charge is 0.338 e. The third kappa shape index (κ3) is 5.32. The van der Waals surface area contributed by atoms with Crippen molar-refractivity contribution in [1.29, 1.82) is 0 Å². The van der Waals surface area contributed by atoms with Crippen LogP contribution in [0, 0.1) is 6.92 Å². The molecule has 2 aromatic heterocycles. The average Bonchev–Trinajstić information content (AvgIpc) is 3.07. The van der Waals surface area contributed by atoms with Gasteiger partial charge >= 0.3 is 6.03 Å². The van der Waals surface area contributed by atoms with Crippen molar-refractivity contribution in [2.24, 2.45) is 0 Å². The third-order valence-electron chi connectivity index (χ3n) is 4.17. The maximum atomic E-state index is 12.4. The predicted octanol–water partition coefficient (Wildman–Crippen LogP) is 1.29. The number of carbonyl (C=O) groups excluding carboxylic acids is 3. The second-order valence-electron chi connectivity index (χ2n) is 6.32. The van der Waals surface area contributed by atoms with Crippen molar-refractivity contribution in [3.63, 3.8) is 0 Å². The van der Waals surface area contributed by atoms with E-state index in [1.54, 1.807) is 29.7 Å². The summed E-state index contributed by atoms with van der Waals surface area (Å²) in [6, 6.07) is 14.5. The fraction of sp³-hybridized carbons (Fsp3) is 0.200. The number of amides is 4. The van der Waals surface area contributed by atoms with Crippen LogP contribution < -0.4 is 21.5 Å². The fourth-order valence-electron chi connectivity index (χ4n) is 2.77. The minimum atomic E-state index is -0.469. The smallest absolute Gasteiger partial charge is 0.315 e. The molecule has 0 spiro atoms. The first-order valence-corrected chi connectivity index (χ1v) is 9.13. The number of aryl methyl sites for hydroxylation is 1. The topological polar surface area (TPSA) is 117 Å². The van der Waals surface area contributed by atoms with E-state index < -0.39 is 11.8 Å². The number of imidazole rings is 1. The molecule has 4 amide bonds.